The number of allylic oxidation sites excluding steroid dienone is 1. The average Bonchev–Trinajstić information content (AvgIpc) is 3.38. The van der Waals surface area contributed by atoms with Crippen LogP contribution in [0.15, 0.2) is 100 Å². The Bertz CT molecular complexity index is 1640. The number of benzene rings is 3. The molecule has 0 fully saturated rings. The molecule has 0 saturated carbocycles. The van der Waals surface area contributed by atoms with Gasteiger partial charge in [0.2, 0.25) is 5.88 Å². The molecule has 164 valence electrons. The van der Waals surface area contributed by atoms with Crippen LogP contribution in [-0.2, 0) is 0 Å². The van der Waals surface area contributed by atoms with E-state index in [4.69, 9.17) is 9.15 Å². The molecule has 4 heterocycles. The van der Waals surface area contributed by atoms with E-state index in [2.05, 4.69) is 20.8 Å². The SMILES string of the molecule is O=c1oc2ccccc2c2c1C(c1ccccc1)C1=C(NC(c3ccccc3)n3nnnc31)O2. The van der Waals surface area contributed by atoms with Crippen molar-refractivity contribution in [3.05, 3.63) is 124 Å². The molecular weight excluding hydrogens is 430 g/mol. The third-order valence-electron chi connectivity index (χ3n) is 6.32. The van der Waals surface area contributed by atoms with Gasteiger partial charge in [0.15, 0.2) is 17.7 Å². The molecule has 0 saturated heterocycles. The molecule has 8 nitrogen and oxygen atoms in total. The van der Waals surface area contributed by atoms with Crippen LogP contribution in [0.2, 0.25) is 0 Å². The average molecular weight is 447 g/mol. The molecule has 3 aromatic carbocycles. The lowest BCUT2D eigenvalue weighted by molar-refractivity contribution is 0.305. The molecule has 0 aliphatic carbocycles. The van der Waals surface area contributed by atoms with Gasteiger partial charge in [0.05, 0.1) is 22.4 Å². The summed E-state index contributed by atoms with van der Waals surface area (Å²) in [5.74, 6) is 1.07. The normalized spacial score (nSPS) is 18.5. The van der Waals surface area contributed by atoms with Crippen LogP contribution < -0.4 is 15.7 Å². The lowest BCUT2D eigenvalue weighted by Crippen LogP contribution is -2.39. The van der Waals surface area contributed by atoms with E-state index < -0.39 is 11.5 Å². The first-order valence-corrected chi connectivity index (χ1v) is 10.9. The van der Waals surface area contributed by atoms with Crippen LogP contribution in [0.1, 0.15) is 34.6 Å². The van der Waals surface area contributed by atoms with Crippen LogP contribution in [0.4, 0.5) is 0 Å². The summed E-state index contributed by atoms with van der Waals surface area (Å²) in [6.45, 7) is 0. The number of ether oxygens (including phenoxy) is 1. The van der Waals surface area contributed by atoms with Gasteiger partial charge in [0.25, 0.3) is 0 Å². The van der Waals surface area contributed by atoms with Crippen molar-refractivity contribution in [2.75, 3.05) is 0 Å². The first kappa shape index (κ1) is 18.8. The number of nitrogens with zero attached hydrogens (tertiary/aromatic N) is 4. The van der Waals surface area contributed by atoms with Crippen LogP contribution in [0.5, 0.6) is 5.75 Å². The molecule has 1 N–H and O–H groups in total. The van der Waals surface area contributed by atoms with Gasteiger partial charge in [-0.3, -0.25) is 0 Å². The highest BCUT2D eigenvalue weighted by atomic mass is 16.5. The Labute approximate surface area is 193 Å². The molecule has 2 unspecified atom stereocenters. The van der Waals surface area contributed by atoms with Crippen molar-refractivity contribution in [3.8, 4) is 5.75 Å². The fraction of sp³-hybridized carbons (Fsp3) is 0.0769. The summed E-state index contributed by atoms with van der Waals surface area (Å²) in [6.07, 6.45) is -0.366. The molecule has 2 aromatic heterocycles. The van der Waals surface area contributed by atoms with E-state index in [1.54, 1.807) is 10.7 Å². The second-order valence-corrected chi connectivity index (χ2v) is 8.22. The summed E-state index contributed by atoms with van der Waals surface area (Å²) in [5.41, 5.74) is 3.04. The number of nitrogens with one attached hydrogen (secondary N) is 1. The Balaban J connectivity index is 1.52. The fourth-order valence-electron chi connectivity index (χ4n) is 4.83. The van der Waals surface area contributed by atoms with E-state index >= 15 is 0 Å². The lowest BCUT2D eigenvalue weighted by Gasteiger charge is -2.36. The standard InChI is InChI=1S/C26H17N5O3/c32-26-20-19(15-9-3-1-4-10-15)21-24-28-29-30-31(24)23(16-11-5-2-6-12-16)27-25(21)34-22(20)17-13-7-8-14-18(17)33-26/h1-14,19,23,27H. The van der Waals surface area contributed by atoms with Gasteiger partial charge in [0.1, 0.15) is 5.58 Å². The van der Waals surface area contributed by atoms with E-state index in [0.29, 0.717) is 34.2 Å². The van der Waals surface area contributed by atoms with Crippen LogP contribution >= 0.6 is 0 Å². The van der Waals surface area contributed by atoms with E-state index in [0.717, 1.165) is 16.5 Å². The maximum atomic E-state index is 13.3. The predicted octanol–water partition coefficient (Wildman–Crippen LogP) is 3.82. The molecule has 7 rings (SSSR count). The van der Waals surface area contributed by atoms with Crippen molar-refractivity contribution in [2.24, 2.45) is 0 Å². The van der Waals surface area contributed by atoms with E-state index in [1.165, 1.54) is 0 Å². The number of para-hydroxylation sites is 1. The summed E-state index contributed by atoms with van der Waals surface area (Å²) in [7, 11) is 0. The summed E-state index contributed by atoms with van der Waals surface area (Å²) in [6, 6.07) is 27.1. The lowest BCUT2D eigenvalue weighted by atomic mass is 9.82. The van der Waals surface area contributed by atoms with E-state index in [-0.39, 0.29) is 6.17 Å². The Kier molecular flexibility index (Phi) is 3.95. The molecule has 0 spiro atoms. The molecule has 34 heavy (non-hydrogen) atoms. The van der Waals surface area contributed by atoms with Crippen molar-refractivity contribution >= 4 is 16.5 Å². The second kappa shape index (κ2) is 7.14. The molecule has 0 bridgehead atoms. The minimum Gasteiger partial charge on any atom is -0.439 e. The summed E-state index contributed by atoms with van der Waals surface area (Å²) in [5, 5.41) is 16.8. The van der Waals surface area contributed by atoms with Crippen LogP contribution in [0.25, 0.3) is 16.5 Å². The van der Waals surface area contributed by atoms with Gasteiger partial charge in [0, 0.05) is 0 Å². The highest BCUT2D eigenvalue weighted by Gasteiger charge is 2.43. The Morgan fingerprint density at radius 1 is 0.853 bits per heavy atom. The molecular formula is C26H17N5O3. The number of hydrogen-bond donors (Lipinski definition) is 1. The van der Waals surface area contributed by atoms with Gasteiger partial charge in [-0.25, -0.2) is 4.79 Å². The summed E-state index contributed by atoms with van der Waals surface area (Å²) >= 11 is 0. The molecule has 5 aromatic rings. The monoisotopic (exact) mass is 447 g/mol. The molecule has 2 aliphatic heterocycles. The molecule has 2 aliphatic rings. The van der Waals surface area contributed by atoms with Gasteiger partial charge in [-0.1, -0.05) is 72.8 Å². The van der Waals surface area contributed by atoms with E-state index in [1.807, 2.05) is 78.9 Å². The molecule has 0 amide bonds. The highest BCUT2D eigenvalue weighted by Crippen LogP contribution is 2.49. The third kappa shape index (κ3) is 2.65. The maximum Gasteiger partial charge on any atom is 0.344 e. The highest BCUT2D eigenvalue weighted by molar-refractivity contribution is 5.89. The van der Waals surface area contributed by atoms with Gasteiger partial charge >= 0.3 is 5.63 Å². The number of hydrogen-bond acceptors (Lipinski definition) is 7. The quantitative estimate of drug-likeness (QED) is 0.411. The maximum absolute atomic E-state index is 13.3. The van der Waals surface area contributed by atoms with Gasteiger partial charge in [-0.15, -0.1) is 5.10 Å². The Morgan fingerprint density at radius 3 is 2.35 bits per heavy atom. The first-order chi connectivity index (χ1) is 16.8. The van der Waals surface area contributed by atoms with Crippen LogP contribution in [-0.4, -0.2) is 20.2 Å². The van der Waals surface area contributed by atoms with Crippen molar-refractivity contribution in [1.82, 2.24) is 25.5 Å². The Morgan fingerprint density at radius 2 is 1.56 bits per heavy atom. The molecule has 8 heteroatoms. The smallest absolute Gasteiger partial charge is 0.344 e. The minimum atomic E-state index is -0.477. The second-order valence-electron chi connectivity index (χ2n) is 8.22. The van der Waals surface area contributed by atoms with Crippen LogP contribution in [0, 0.1) is 0 Å². The predicted molar refractivity (Wildman–Crippen MR) is 124 cm³/mol. The zero-order chi connectivity index (χ0) is 22.6. The molecule has 0 radical (unpaired) electrons. The largest absolute Gasteiger partial charge is 0.439 e. The zero-order valence-electron chi connectivity index (χ0n) is 17.8. The summed E-state index contributed by atoms with van der Waals surface area (Å²) in [4.78, 5) is 13.3. The van der Waals surface area contributed by atoms with Crippen LogP contribution in [0.3, 0.4) is 0 Å². The fourth-order valence-corrected chi connectivity index (χ4v) is 4.83. The topological polar surface area (TPSA) is 95.1 Å². The minimum absolute atomic E-state index is 0.366. The first-order valence-electron chi connectivity index (χ1n) is 10.9. The van der Waals surface area contributed by atoms with Crippen molar-refractivity contribution < 1.29 is 9.15 Å². The van der Waals surface area contributed by atoms with Crippen molar-refractivity contribution in [2.45, 2.75) is 12.1 Å². The van der Waals surface area contributed by atoms with Gasteiger partial charge in [-0.2, -0.15) is 4.68 Å². The molecule has 2 atom stereocenters. The van der Waals surface area contributed by atoms with Crippen molar-refractivity contribution in [3.63, 3.8) is 0 Å². The Hall–Kier alpha value is -4.72. The van der Waals surface area contributed by atoms with Gasteiger partial charge < -0.3 is 14.5 Å². The number of rotatable bonds is 2. The zero-order valence-corrected chi connectivity index (χ0v) is 17.8. The number of tetrazole rings is 1. The summed E-state index contributed by atoms with van der Waals surface area (Å²) < 4.78 is 13.9. The third-order valence-corrected chi connectivity index (χ3v) is 6.32. The van der Waals surface area contributed by atoms with E-state index in [9.17, 15) is 4.79 Å². The number of aromatic nitrogens is 4. The number of fused-ring (bicyclic) bond motifs is 5. The van der Waals surface area contributed by atoms with Crippen molar-refractivity contribution in [1.29, 1.82) is 0 Å². The van der Waals surface area contributed by atoms with Gasteiger partial charge in [-0.05, 0) is 33.7 Å².